The van der Waals surface area contributed by atoms with Gasteiger partial charge in [0.15, 0.2) is 0 Å². The molecule has 1 aliphatic carbocycles. The normalized spacial score (nSPS) is 23.5. The Bertz CT molecular complexity index is 808. The molecule has 0 spiro atoms. The molecule has 0 aromatic heterocycles. The van der Waals surface area contributed by atoms with Crippen LogP contribution in [0.25, 0.3) is 0 Å². The largest absolute Gasteiger partial charge is 0.325 e. The lowest BCUT2D eigenvalue weighted by Gasteiger charge is -2.43. The highest BCUT2D eigenvalue weighted by Gasteiger charge is 2.40. The zero-order valence-corrected chi connectivity index (χ0v) is 21.2. The van der Waals surface area contributed by atoms with Gasteiger partial charge in [-0.3, -0.25) is 4.90 Å². The third-order valence-electron chi connectivity index (χ3n) is 6.38. The van der Waals surface area contributed by atoms with E-state index < -0.39 is 0 Å². The summed E-state index contributed by atoms with van der Waals surface area (Å²) in [5, 5.41) is 5.04. The van der Waals surface area contributed by atoms with Gasteiger partial charge in [-0.25, -0.2) is 4.79 Å². The molecule has 1 aromatic carbocycles. The number of aryl methyl sites for hydroxylation is 1. The molecule has 2 aliphatic rings. The molecule has 2 atom stereocenters. The van der Waals surface area contributed by atoms with Crippen molar-refractivity contribution < 1.29 is 4.79 Å². The maximum absolute atomic E-state index is 13.0. The lowest BCUT2D eigenvalue weighted by atomic mass is 9.89. The molecule has 3 rings (SSSR count). The van der Waals surface area contributed by atoms with Crippen molar-refractivity contribution in [2.24, 2.45) is 11.3 Å². The van der Waals surface area contributed by atoms with Gasteiger partial charge in [0.2, 0.25) is 0 Å². The summed E-state index contributed by atoms with van der Waals surface area (Å²) in [6.45, 7) is 13.4. The van der Waals surface area contributed by atoms with Crippen molar-refractivity contribution in [3.8, 4) is 0 Å². The van der Waals surface area contributed by atoms with Crippen molar-refractivity contribution >= 4 is 31.5 Å². The average molecular weight is 449 g/mol. The van der Waals surface area contributed by atoms with Crippen molar-refractivity contribution in [2.75, 3.05) is 0 Å². The summed E-state index contributed by atoms with van der Waals surface area (Å²) < 4.78 is 0. The molecule has 1 fully saturated rings. The van der Waals surface area contributed by atoms with Gasteiger partial charge in [0.25, 0.3) is 0 Å². The number of amides is 2. The molecule has 1 aliphatic heterocycles. The van der Waals surface area contributed by atoms with E-state index >= 15 is 0 Å². The molecule has 2 amide bonds. The number of nitrogens with one attached hydrogen (secondary N) is 1. The third-order valence-corrected chi connectivity index (χ3v) is 8.24. The SMILES string of the molecule is CC(C)C1=CN(C2CCCC2)C(=O)N[C@@]1(C)Pc1ccc(CCC(C)(C)C)c(Cl)c1. The Hall–Kier alpha value is -1.05. The van der Waals surface area contributed by atoms with Crippen molar-refractivity contribution in [2.45, 2.75) is 91.4 Å². The molecule has 5 heteroatoms. The molecule has 1 saturated carbocycles. The van der Waals surface area contributed by atoms with Crippen LogP contribution in [-0.4, -0.2) is 22.3 Å². The van der Waals surface area contributed by atoms with Crippen LogP contribution in [0.5, 0.6) is 0 Å². The smallest absolute Gasteiger partial charge is 0.322 e. The molecule has 3 nitrogen and oxygen atoms in total. The lowest BCUT2D eigenvalue weighted by molar-refractivity contribution is 0.188. The fourth-order valence-electron chi connectivity index (χ4n) is 4.60. The number of carbonyl (C=O) groups is 1. The van der Waals surface area contributed by atoms with Crippen LogP contribution in [0.2, 0.25) is 5.02 Å². The zero-order chi connectivity index (χ0) is 22.1. The summed E-state index contributed by atoms with van der Waals surface area (Å²) in [5.74, 6) is 0.369. The van der Waals surface area contributed by atoms with E-state index in [0.717, 1.165) is 30.7 Å². The summed E-state index contributed by atoms with van der Waals surface area (Å²) in [6, 6.07) is 6.88. The molecule has 0 bridgehead atoms. The summed E-state index contributed by atoms with van der Waals surface area (Å²) in [6.07, 6.45) is 8.93. The van der Waals surface area contributed by atoms with Crippen LogP contribution in [0.1, 0.15) is 79.2 Å². The highest BCUT2D eigenvalue weighted by molar-refractivity contribution is 7.49. The number of nitrogens with zero attached hydrogens (tertiary/aromatic N) is 1. The van der Waals surface area contributed by atoms with Crippen molar-refractivity contribution in [3.63, 3.8) is 0 Å². The maximum Gasteiger partial charge on any atom is 0.322 e. The van der Waals surface area contributed by atoms with Crippen LogP contribution in [-0.2, 0) is 6.42 Å². The minimum absolute atomic E-state index is 0.0502. The fourth-order valence-corrected chi connectivity index (χ4v) is 6.59. The Morgan fingerprint density at radius 1 is 1.27 bits per heavy atom. The van der Waals surface area contributed by atoms with Gasteiger partial charge in [0.1, 0.15) is 0 Å². The first kappa shape index (κ1) is 23.6. The molecule has 166 valence electrons. The zero-order valence-electron chi connectivity index (χ0n) is 19.4. The van der Waals surface area contributed by atoms with E-state index in [1.165, 1.54) is 29.3 Å². The molecule has 30 heavy (non-hydrogen) atoms. The first-order valence-corrected chi connectivity index (χ1v) is 12.8. The standard InChI is InChI=1S/C25H38ClN2OP/c1-17(2)21-16-28(19-9-7-8-10-19)23(29)27-25(21,6)30-20-12-11-18(22(26)15-20)13-14-24(3,4)5/h11-12,15-17,19,30H,7-10,13-14H2,1-6H3,(H,27,29)/t25-/m0/s1. The topological polar surface area (TPSA) is 32.3 Å². The quantitative estimate of drug-likeness (QED) is 0.474. The van der Waals surface area contributed by atoms with Crippen molar-refractivity contribution in [3.05, 3.63) is 40.6 Å². The van der Waals surface area contributed by atoms with Gasteiger partial charge < -0.3 is 5.32 Å². The summed E-state index contributed by atoms with van der Waals surface area (Å²) in [5.41, 5.74) is 2.82. The first-order valence-electron chi connectivity index (χ1n) is 11.4. The number of carbonyl (C=O) groups excluding carboxylic acids is 1. The second-order valence-corrected chi connectivity index (χ2v) is 12.9. The Kier molecular flexibility index (Phi) is 7.25. The Morgan fingerprint density at radius 2 is 1.93 bits per heavy atom. The number of benzene rings is 1. The Morgan fingerprint density at radius 3 is 2.50 bits per heavy atom. The van der Waals surface area contributed by atoms with Crippen molar-refractivity contribution in [1.29, 1.82) is 0 Å². The lowest BCUT2D eigenvalue weighted by Crippen LogP contribution is -2.56. The van der Waals surface area contributed by atoms with E-state index in [1.807, 2.05) is 4.90 Å². The van der Waals surface area contributed by atoms with Gasteiger partial charge in [-0.2, -0.15) is 0 Å². The molecule has 0 saturated heterocycles. The van der Waals surface area contributed by atoms with Gasteiger partial charge in [-0.05, 0) is 66.4 Å². The second kappa shape index (κ2) is 9.21. The van der Waals surface area contributed by atoms with Crippen LogP contribution in [0.3, 0.4) is 0 Å². The van der Waals surface area contributed by atoms with Crippen LogP contribution in [0.15, 0.2) is 30.0 Å². The van der Waals surface area contributed by atoms with Gasteiger partial charge in [0, 0.05) is 17.3 Å². The summed E-state index contributed by atoms with van der Waals surface area (Å²) in [7, 11) is 0.438. The predicted octanol–water partition coefficient (Wildman–Crippen LogP) is 6.85. The number of rotatable bonds is 6. The van der Waals surface area contributed by atoms with Crippen LogP contribution in [0, 0.1) is 11.3 Å². The maximum atomic E-state index is 13.0. The van der Waals surface area contributed by atoms with Crippen LogP contribution < -0.4 is 10.6 Å². The van der Waals surface area contributed by atoms with E-state index in [-0.39, 0.29) is 11.3 Å². The minimum atomic E-state index is -0.364. The van der Waals surface area contributed by atoms with Gasteiger partial charge in [-0.1, -0.05) is 79.8 Å². The number of hydrogen-bond donors (Lipinski definition) is 1. The summed E-state index contributed by atoms with van der Waals surface area (Å²) in [4.78, 5) is 15.0. The highest BCUT2D eigenvalue weighted by atomic mass is 35.5. The van der Waals surface area contributed by atoms with Crippen LogP contribution >= 0.6 is 20.2 Å². The first-order chi connectivity index (χ1) is 14.0. The van der Waals surface area contributed by atoms with Crippen molar-refractivity contribution in [1.82, 2.24) is 10.2 Å². The second-order valence-electron chi connectivity index (χ2n) is 10.6. The Balaban J connectivity index is 1.81. The summed E-state index contributed by atoms with van der Waals surface area (Å²) >= 11 is 6.65. The van der Waals surface area contributed by atoms with E-state index in [1.54, 1.807) is 0 Å². The monoisotopic (exact) mass is 448 g/mol. The van der Waals surface area contributed by atoms with E-state index in [4.69, 9.17) is 11.6 Å². The van der Waals surface area contributed by atoms with E-state index in [9.17, 15) is 4.79 Å². The number of halogens is 1. The molecule has 1 heterocycles. The number of urea groups is 1. The van der Waals surface area contributed by atoms with Crippen LogP contribution in [0.4, 0.5) is 4.79 Å². The predicted molar refractivity (Wildman–Crippen MR) is 131 cm³/mol. The van der Waals surface area contributed by atoms with Gasteiger partial charge in [-0.15, -0.1) is 0 Å². The van der Waals surface area contributed by atoms with E-state index in [0.29, 0.717) is 26.0 Å². The van der Waals surface area contributed by atoms with Gasteiger partial charge >= 0.3 is 6.03 Å². The van der Waals surface area contributed by atoms with Gasteiger partial charge in [0.05, 0.1) is 5.28 Å². The van der Waals surface area contributed by atoms with E-state index in [2.05, 4.69) is 71.3 Å². The fraction of sp³-hybridized carbons (Fsp3) is 0.640. The molecule has 1 N–H and O–H groups in total. The molecule has 0 radical (unpaired) electrons. The number of hydrogen-bond acceptors (Lipinski definition) is 1. The third kappa shape index (κ3) is 5.60. The Labute approximate surface area is 189 Å². The molecular weight excluding hydrogens is 411 g/mol. The highest BCUT2D eigenvalue weighted by Crippen LogP contribution is 2.42. The molecular formula is C25H38ClN2OP. The molecule has 1 aromatic rings. The molecule has 1 unspecified atom stereocenters. The minimum Gasteiger partial charge on any atom is -0.325 e. The average Bonchev–Trinajstić information content (AvgIpc) is 3.14.